The first-order valence-corrected chi connectivity index (χ1v) is 14.5. The molecule has 4 heteroatoms. The number of anilines is 1. The Kier molecular flexibility index (Phi) is 3.87. The fourth-order valence-electron chi connectivity index (χ4n) is 7.01. The summed E-state index contributed by atoms with van der Waals surface area (Å²) in [5, 5.41) is 12.9. The minimum atomic E-state index is 0.0865. The molecule has 1 unspecified atom stereocenters. The molecule has 0 radical (unpaired) electrons. The zero-order valence-electron chi connectivity index (χ0n) is 21.3. The summed E-state index contributed by atoms with van der Waals surface area (Å²) in [5.41, 5.74) is 7.13. The molecule has 0 fully saturated rings. The van der Waals surface area contributed by atoms with Crippen LogP contribution in [-0.2, 0) is 0 Å². The van der Waals surface area contributed by atoms with Crippen LogP contribution in [0.1, 0.15) is 0 Å². The lowest BCUT2D eigenvalue weighted by atomic mass is 9.94. The molecule has 4 heterocycles. The van der Waals surface area contributed by atoms with Crippen LogP contribution in [0.3, 0.4) is 0 Å². The van der Waals surface area contributed by atoms with Gasteiger partial charge in [-0.1, -0.05) is 78.9 Å². The molecule has 3 aromatic heterocycles. The highest BCUT2D eigenvalue weighted by molar-refractivity contribution is 7.26. The van der Waals surface area contributed by atoms with E-state index < -0.39 is 0 Å². The summed E-state index contributed by atoms with van der Waals surface area (Å²) in [7, 11) is 0. The Morgan fingerprint density at radius 1 is 0.725 bits per heavy atom. The number of nitrogens with one attached hydrogen (secondary N) is 1. The summed E-state index contributed by atoms with van der Waals surface area (Å²) in [6.07, 6.45) is 8.50. The predicted molar refractivity (Wildman–Crippen MR) is 172 cm³/mol. The number of allylic oxidation sites excluding steroid dienone is 2. The predicted octanol–water partition coefficient (Wildman–Crippen LogP) is 9.86. The Morgan fingerprint density at radius 2 is 1.57 bits per heavy atom. The SMILES string of the molecule is C1=CC2=Nc3c(c4cc(-c5cccc6ccccc56)cc5c6c7c(ccc6n3c45)sc3ccccc37)NC2C=C1. The molecule has 1 atom stereocenters. The van der Waals surface area contributed by atoms with Gasteiger partial charge < -0.3 is 5.32 Å². The largest absolute Gasteiger partial charge is 0.370 e. The summed E-state index contributed by atoms with van der Waals surface area (Å²) in [6, 6.07) is 33.6. The van der Waals surface area contributed by atoms with Gasteiger partial charge in [-0.25, -0.2) is 4.99 Å². The number of aliphatic imine (C=N–C) groups is 1. The van der Waals surface area contributed by atoms with Crippen molar-refractivity contribution in [3.8, 4) is 11.1 Å². The van der Waals surface area contributed by atoms with Crippen LogP contribution in [-0.4, -0.2) is 16.2 Å². The van der Waals surface area contributed by atoms with E-state index in [0.717, 1.165) is 17.2 Å². The normalized spacial score (nSPS) is 16.4. The second-order valence-electron chi connectivity index (χ2n) is 10.8. The topological polar surface area (TPSA) is 28.8 Å². The lowest BCUT2D eigenvalue weighted by Gasteiger charge is -2.23. The maximum absolute atomic E-state index is 5.27. The van der Waals surface area contributed by atoms with Crippen molar-refractivity contribution < 1.29 is 0 Å². The molecular weight excluding hydrogens is 506 g/mol. The van der Waals surface area contributed by atoms with E-state index in [4.69, 9.17) is 4.99 Å². The summed E-state index contributed by atoms with van der Waals surface area (Å²) < 4.78 is 5.05. The van der Waals surface area contributed by atoms with E-state index >= 15 is 0 Å². The van der Waals surface area contributed by atoms with E-state index in [1.807, 2.05) is 11.3 Å². The average Bonchev–Trinajstić information content (AvgIpc) is 3.65. The number of rotatable bonds is 1. The van der Waals surface area contributed by atoms with Gasteiger partial charge in [0.2, 0.25) is 0 Å². The van der Waals surface area contributed by atoms with Gasteiger partial charge in [0.25, 0.3) is 0 Å². The molecule has 2 aliphatic rings. The van der Waals surface area contributed by atoms with Gasteiger partial charge in [-0.3, -0.25) is 4.40 Å². The van der Waals surface area contributed by atoms with Crippen molar-refractivity contribution in [2.75, 3.05) is 5.32 Å². The quantitative estimate of drug-likeness (QED) is 0.226. The molecule has 1 N–H and O–H groups in total. The van der Waals surface area contributed by atoms with Crippen molar-refractivity contribution in [1.82, 2.24) is 4.40 Å². The molecule has 8 aromatic rings. The Morgan fingerprint density at radius 3 is 2.55 bits per heavy atom. The first-order valence-electron chi connectivity index (χ1n) is 13.7. The van der Waals surface area contributed by atoms with E-state index in [1.54, 1.807) is 0 Å². The van der Waals surface area contributed by atoms with Crippen molar-refractivity contribution in [1.29, 1.82) is 0 Å². The fraction of sp³-hybridized carbons (Fsp3) is 0.0278. The third-order valence-electron chi connectivity index (χ3n) is 8.71. The lowest BCUT2D eigenvalue weighted by Crippen LogP contribution is -2.29. The average molecular weight is 528 g/mol. The van der Waals surface area contributed by atoms with Crippen LogP contribution in [0.25, 0.3) is 69.3 Å². The fourth-order valence-corrected chi connectivity index (χ4v) is 8.13. The smallest absolute Gasteiger partial charge is 0.162 e. The maximum atomic E-state index is 5.27. The molecule has 0 saturated heterocycles. The minimum absolute atomic E-state index is 0.0865. The molecule has 0 amide bonds. The highest BCUT2D eigenvalue weighted by Gasteiger charge is 2.29. The van der Waals surface area contributed by atoms with E-state index in [2.05, 4.69) is 125 Å². The van der Waals surface area contributed by atoms with Crippen LogP contribution in [0.15, 0.2) is 120 Å². The van der Waals surface area contributed by atoms with Crippen LogP contribution in [0.2, 0.25) is 0 Å². The maximum Gasteiger partial charge on any atom is 0.162 e. The number of fused-ring (bicyclic) bond motifs is 12. The van der Waals surface area contributed by atoms with Crippen LogP contribution in [0.5, 0.6) is 0 Å². The molecule has 0 spiro atoms. The van der Waals surface area contributed by atoms with Gasteiger partial charge in [0, 0.05) is 36.3 Å². The molecule has 186 valence electrons. The number of hydrogen-bond donors (Lipinski definition) is 1. The van der Waals surface area contributed by atoms with E-state index in [0.29, 0.717) is 0 Å². The molecule has 5 aromatic carbocycles. The van der Waals surface area contributed by atoms with Crippen molar-refractivity contribution >= 4 is 86.7 Å². The summed E-state index contributed by atoms with van der Waals surface area (Å²) in [5.74, 6) is 0.996. The van der Waals surface area contributed by atoms with Crippen LogP contribution in [0.4, 0.5) is 11.5 Å². The van der Waals surface area contributed by atoms with Gasteiger partial charge in [-0.2, -0.15) is 0 Å². The van der Waals surface area contributed by atoms with Gasteiger partial charge in [0.1, 0.15) is 0 Å². The second-order valence-corrected chi connectivity index (χ2v) is 11.9. The van der Waals surface area contributed by atoms with Crippen molar-refractivity contribution in [2.45, 2.75) is 6.04 Å². The number of nitrogens with zero attached hydrogens (tertiary/aromatic N) is 2. The standard InChI is InChI=1S/C36H21N3S/c1-2-10-22-20(8-1)9-7-12-23(22)21-18-25-32-29(16-17-31-33(32)24-11-3-6-15-30(24)40-31)39-35(25)26(19-21)34-36(39)38-28-14-5-4-13-27(28)37-34/h1-19,27,37H. The Balaban J connectivity index is 1.43. The number of aromatic nitrogens is 1. The molecule has 10 rings (SSSR count). The third-order valence-corrected chi connectivity index (χ3v) is 9.84. The number of hydrogen-bond acceptors (Lipinski definition) is 3. The number of benzene rings is 5. The van der Waals surface area contributed by atoms with Gasteiger partial charge in [-0.15, -0.1) is 11.3 Å². The number of thiophene rings is 1. The zero-order valence-corrected chi connectivity index (χ0v) is 22.2. The van der Waals surface area contributed by atoms with Crippen LogP contribution in [0, 0.1) is 0 Å². The Hall–Kier alpha value is -4.93. The molecule has 1 aliphatic carbocycles. The van der Waals surface area contributed by atoms with Crippen molar-refractivity contribution in [3.63, 3.8) is 0 Å². The molecule has 40 heavy (non-hydrogen) atoms. The molecule has 0 saturated carbocycles. The minimum Gasteiger partial charge on any atom is -0.370 e. The second kappa shape index (κ2) is 7.38. The lowest BCUT2D eigenvalue weighted by molar-refractivity contribution is 1.11. The summed E-state index contributed by atoms with van der Waals surface area (Å²) in [6.45, 7) is 0. The molecule has 0 bridgehead atoms. The first kappa shape index (κ1) is 21.0. The zero-order chi connectivity index (χ0) is 25.9. The summed E-state index contributed by atoms with van der Waals surface area (Å²) in [4.78, 5) is 5.27. The molecule has 3 nitrogen and oxygen atoms in total. The van der Waals surface area contributed by atoms with Crippen molar-refractivity contribution in [2.24, 2.45) is 4.99 Å². The van der Waals surface area contributed by atoms with E-state index in [-0.39, 0.29) is 6.04 Å². The van der Waals surface area contributed by atoms with Crippen LogP contribution >= 0.6 is 11.3 Å². The highest BCUT2D eigenvalue weighted by atomic mass is 32.1. The first-order chi connectivity index (χ1) is 19.8. The van der Waals surface area contributed by atoms with Gasteiger partial charge in [0.05, 0.1) is 28.5 Å². The van der Waals surface area contributed by atoms with Gasteiger partial charge in [0.15, 0.2) is 5.82 Å². The van der Waals surface area contributed by atoms with E-state index in [9.17, 15) is 0 Å². The van der Waals surface area contributed by atoms with Crippen molar-refractivity contribution in [3.05, 3.63) is 115 Å². The Bertz CT molecular complexity index is 2460. The Labute approximate surface area is 233 Å². The molecular formula is C36H21N3S. The highest BCUT2D eigenvalue weighted by Crippen LogP contribution is 2.51. The third kappa shape index (κ3) is 2.57. The monoisotopic (exact) mass is 527 g/mol. The van der Waals surface area contributed by atoms with Crippen LogP contribution < -0.4 is 5.32 Å². The van der Waals surface area contributed by atoms with Gasteiger partial charge in [-0.05, 0) is 58.3 Å². The summed E-state index contributed by atoms with van der Waals surface area (Å²) >= 11 is 1.88. The molecule has 1 aliphatic heterocycles. The van der Waals surface area contributed by atoms with Gasteiger partial charge >= 0.3 is 0 Å². The van der Waals surface area contributed by atoms with E-state index in [1.165, 1.54) is 69.3 Å².